The number of benzene rings is 1. The van der Waals surface area contributed by atoms with Crippen LogP contribution in [0, 0.1) is 5.92 Å². The standard InChI is InChI=1S/C15H22N2O2/c1-17-9-5-6-12(10-17)11-19-15(18)14(16)13-7-3-2-4-8-13/h2-4,7-8,12,14H,5-6,9-11,16H2,1H3/t12-,14?/m1/s1. The van der Waals surface area contributed by atoms with Gasteiger partial charge in [-0.3, -0.25) is 0 Å². The highest BCUT2D eigenvalue weighted by molar-refractivity contribution is 5.77. The van der Waals surface area contributed by atoms with Gasteiger partial charge in [-0.1, -0.05) is 30.3 Å². The first kappa shape index (κ1) is 14.0. The highest BCUT2D eigenvalue weighted by Crippen LogP contribution is 2.17. The Hall–Kier alpha value is -1.39. The Balaban J connectivity index is 1.81. The van der Waals surface area contributed by atoms with Crippen LogP contribution in [0.1, 0.15) is 24.4 Å². The van der Waals surface area contributed by atoms with Gasteiger partial charge in [0.2, 0.25) is 0 Å². The van der Waals surface area contributed by atoms with Crippen LogP contribution in [0.2, 0.25) is 0 Å². The van der Waals surface area contributed by atoms with Crippen molar-refractivity contribution in [1.29, 1.82) is 0 Å². The first-order valence-corrected chi connectivity index (χ1v) is 6.82. The highest BCUT2D eigenvalue weighted by atomic mass is 16.5. The maximum absolute atomic E-state index is 11.9. The van der Waals surface area contributed by atoms with Gasteiger partial charge >= 0.3 is 5.97 Å². The van der Waals surface area contributed by atoms with E-state index >= 15 is 0 Å². The number of nitrogens with two attached hydrogens (primary N) is 1. The van der Waals surface area contributed by atoms with Gasteiger partial charge in [0.05, 0.1) is 6.61 Å². The molecule has 1 saturated heterocycles. The maximum Gasteiger partial charge on any atom is 0.327 e. The fraction of sp³-hybridized carbons (Fsp3) is 0.533. The number of hydrogen-bond acceptors (Lipinski definition) is 4. The normalized spacial score (nSPS) is 21.9. The van der Waals surface area contributed by atoms with E-state index < -0.39 is 6.04 Å². The molecule has 1 unspecified atom stereocenters. The minimum Gasteiger partial charge on any atom is -0.464 e. The molecule has 1 aromatic carbocycles. The van der Waals surface area contributed by atoms with Crippen molar-refractivity contribution >= 4 is 5.97 Å². The van der Waals surface area contributed by atoms with Gasteiger partial charge in [-0.25, -0.2) is 4.79 Å². The minimum absolute atomic E-state index is 0.334. The maximum atomic E-state index is 11.9. The van der Waals surface area contributed by atoms with Crippen molar-refractivity contribution in [2.45, 2.75) is 18.9 Å². The molecular weight excluding hydrogens is 240 g/mol. The number of rotatable bonds is 4. The molecule has 0 saturated carbocycles. The Bertz CT molecular complexity index is 408. The number of carbonyl (C=O) groups is 1. The molecule has 0 aromatic heterocycles. The molecule has 0 bridgehead atoms. The second kappa shape index (κ2) is 6.68. The van der Waals surface area contributed by atoms with Gasteiger partial charge in [0.15, 0.2) is 0 Å². The van der Waals surface area contributed by atoms with Crippen LogP contribution in [-0.2, 0) is 9.53 Å². The zero-order chi connectivity index (χ0) is 13.7. The summed E-state index contributed by atoms with van der Waals surface area (Å²) >= 11 is 0. The van der Waals surface area contributed by atoms with Crippen molar-refractivity contribution in [3.05, 3.63) is 35.9 Å². The predicted molar refractivity (Wildman–Crippen MR) is 74.6 cm³/mol. The molecule has 1 fully saturated rings. The topological polar surface area (TPSA) is 55.6 Å². The fourth-order valence-corrected chi connectivity index (χ4v) is 2.50. The first-order chi connectivity index (χ1) is 9.16. The molecule has 0 spiro atoms. The van der Waals surface area contributed by atoms with E-state index in [-0.39, 0.29) is 5.97 Å². The first-order valence-electron chi connectivity index (χ1n) is 6.82. The predicted octanol–water partition coefficient (Wildman–Crippen LogP) is 1.57. The van der Waals surface area contributed by atoms with Gasteiger partial charge in [-0.2, -0.15) is 0 Å². The number of carbonyl (C=O) groups excluding carboxylic acids is 1. The van der Waals surface area contributed by atoms with Crippen molar-refractivity contribution in [3.63, 3.8) is 0 Å². The molecule has 0 amide bonds. The summed E-state index contributed by atoms with van der Waals surface area (Å²) in [7, 11) is 2.10. The summed E-state index contributed by atoms with van der Waals surface area (Å²) in [5.74, 6) is 0.102. The molecule has 1 aromatic rings. The van der Waals surface area contributed by atoms with E-state index in [0.717, 1.165) is 25.1 Å². The van der Waals surface area contributed by atoms with E-state index in [1.807, 2.05) is 30.3 Å². The Kier molecular flexibility index (Phi) is 4.93. The Labute approximate surface area is 114 Å². The quantitative estimate of drug-likeness (QED) is 0.837. The monoisotopic (exact) mass is 262 g/mol. The molecule has 1 aliphatic rings. The summed E-state index contributed by atoms with van der Waals surface area (Å²) < 4.78 is 5.36. The van der Waals surface area contributed by atoms with Crippen LogP contribution < -0.4 is 5.73 Å². The number of nitrogens with zero attached hydrogens (tertiary/aromatic N) is 1. The Morgan fingerprint density at radius 1 is 1.47 bits per heavy atom. The van der Waals surface area contributed by atoms with Crippen molar-refractivity contribution in [1.82, 2.24) is 4.90 Å². The minimum atomic E-state index is -0.678. The molecule has 2 N–H and O–H groups in total. The van der Waals surface area contributed by atoms with Crippen LogP contribution in [0.15, 0.2) is 30.3 Å². The van der Waals surface area contributed by atoms with E-state index in [0.29, 0.717) is 12.5 Å². The van der Waals surface area contributed by atoms with Gasteiger partial charge in [0, 0.05) is 12.5 Å². The second-order valence-electron chi connectivity index (χ2n) is 5.29. The van der Waals surface area contributed by atoms with Crippen molar-refractivity contribution in [2.75, 3.05) is 26.7 Å². The third-order valence-corrected chi connectivity index (χ3v) is 3.60. The van der Waals surface area contributed by atoms with Gasteiger partial charge in [0.1, 0.15) is 6.04 Å². The van der Waals surface area contributed by atoms with Gasteiger partial charge < -0.3 is 15.4 Å². The molecule has 19 heavy (non-hydrogen) atoms. The SMILES string of the molecule is CN1CCC[C@@H](COC(=O)C(N)c2ccccc2)C1. The van der Waals surface area contributed by atoms with Gasteiger partial charge in [-0.05, 0) is 32.0 Å². The lowest BCUT2D eigenvalue weighted by molar-refractivity contribution is -0.147. The number of piperidine rings is 1. The van der Waals surface area contributed by atoms with Crippen LogP contribution in [0.25, 0.3) is 0 Å². The van der Waals surface area contributed by atoms with Crippen molar-refractivity contribution < 1.29 is 9.53 Å². The number of ether oxygens (including phenoxy) is 1. The molecule has 1 heterocycles. The van der Waals surface area contributed by atoms with Crippen LogP contribution in [0.4, 0.5) is 0 Å². The lowest BCUT2D eigenvalue weighted by Crippen LogP contribution is -2.35. The van der Waals surface area contributed by atoms with Crippen LogP contribution in [0.3, 0.4) is 0 Å². The van der Waals surface area contributed by atoms with Gasteiger partial charge in [0.25, 0.3) is 0 Å². The van der Waals surface area contributed by atoms with E-state index in [4.69, 9.17) is 10.5 Å². The molecule has 4 heteroatoms. The number of hydrogen-bond donors (Lipinski definition) is 1. The molecule has 2 rings (SSSR count). The zero-order valence-electron chi connectivity index (χ0n) is 11.4. The Morgan fingerprint density at radius 2 is 2.21 bits per heavy atom. The van der Waals surface area contributed by atoms with E-state index in [1.54, 1.807) is 0 Å². The van der Waals surface area contributed by atoms with Gasteiger partial charge in [-0.15, -0.1) is 0 Å². The molecule has 104 valence electrons. The summed E-state index contributed by atoms with van der Waals surface area (Å²) in [6, 6.07) is 8.67. The molecule has 1 aliphatic heterocycles. The lowest BCUT2D eigenvalue weighted by atomic mass is 9.99. The van der Waals surface area contributed by atoms with E-state index in [2.05, 4.69) is 11.9 Å². The summed E-state index contributed by atoms with van der Waals surface area (Å²) in [6.45, 7) is 2.60. The smallest absolute Gasteiger partial charge is 0.327 e. The molecule has 2 atom stereocenters. The molecular formula is C15H22N2O2. The third-order valence-electron chi connectivity index (χ3n) is 3.60. The van der Waals surface area contributed by atoms with Crippen LogP contribution in [-0.4, -0.2) is 37.6 Å². The van der Waals surface area contributed by atoms with E-state index in [1.165, 1.54) is 6.42 Å². The summed E-state index contributed by atoms with van der Waals surface area (Å²) in [6.07, 6.45) is 2.29. The summed E-state index contributed by atoms with van der Waals surface area (Å²) in [4.78, 5) is 14.2. The average Bonchev–Trinajstić information content (AvgIpc) is 2.45. The lowest BCUT2D eigenvalue weighted by Gasteiger charge is -2.29. The van der Waals surface area contributed by atoms with Crippen LogP contribution in [0.5, 0.6) is 0 Å². The zero-order valence-corrected chi connectivity index (χ0v) is 11.4. The average molecular weight is 262 g/mol. The Morgan fingerprint density at radius 3 is 2.89 bits per heavy atom. The van der Waals surface area contributed by atoms with Crippen molar-refractivity contribution in [3.8, 4) is 0 Å². The number of likely N-dealkylation sites (tertiary alicyclic amines) is 1. The molecule has 4 nitrogen and oxygen atoms in total. The third kappa shape index (κ3) is 4.04. The van der Waals surface area contributed by atoms with E-state index in [9.17, 15) is 4.79 Å². The summed E-state index contributed by atoms with van der Waals surface area (Å²) in [5.41, 5.74) is 6.70. The summed E-state index contributed by atoms with van der Waals surface area (Å²) in [5, 5.41) is 0. The highest BCUT2D eigenvalue weighted by Gasteiger charge is 2.21. The molecule has 0 radical (unpaired) electrons. The van der Waals surface area contributed by atoms with Crippen LogP contribution >= 0.6 is 0 Å². The second-order valence-corrected chi connectivity index (χ2v) is 5.29. The number of esters is 1. The van der Waals surface area contributed by atoms with Crippen molar-refractivity contribution in [2.24, 2.45) is 11.7 Å². The molecule has 0 aliphatic carbocycles. The largest absolute Gasteiger partial charge is 0.464 e. The fourth-order valence-electron chi connectivity index (χ4n) is 2.50.